The fourth-order valence-corrected chi connectivity index (χ4v) is 2.14. The summed E-state index contributed by atoms with van der Waals surface area (Å²) in [5.41, 5.74) is 1.63. The van der Waals surface area contributed by atoms with Crippen LogP contribution in [-0.2, 0) is 4.79 Å². The Bertz CT molecular complexity index is 829. The second-order valence-corrected chi connectivity index (χ2v) is 5.51. The molecule has 2 amide bonds. The molecule has 7 nitrogen and oxygen atoms in total. The molecule has 2 aromatic carbocycles. The molecule has 0 aliphatic heterocycles. The van der Waals surface area contributed by atoms with Crippen LogP contribution in [0, 0.1) is 10.1 Å². The van der Waals surface area contributed by atoms with E-state index < -0.39 is 4.92 Å². The molecular weight excluding hydrogens is 334 g/mol. The third-order valence-corrected chi connectivity index (χ3v) is 3.46. The number of hydrogen-bond donors (Lipinski definition) is 2. The van der Waals surface area contributed by atoms with Crippen molar-refractivity contribution in [1.82, 2.24) is 5.32 Å². The van der Waals surface area contributed by atoms with Gasteiger partial charge in [-0.1, -0.05) is 13.0 Å². The fraction of sp³-hybridized carbons (Fsp3) is 0.158. The Kier molecular flexibility index (Phi) is 6.61. The molecule has 0 saturated carbocycles. The van der Waals surface area contributed by atoms with Gasteiger partial charge in [-0.25, -0.2) is 0 Å². The average Bonchev–Trinajstić information content (AvgIpc) is 2.65. The van der Waals surface area contributed by atoms with E-state index in [4.69, 9.17) is 0 Å². The van der Waals surface area contributed by atoms with Gasteiger partial charge in [-0.15, -0.1) is 0 Å². The van der Waals surface area contributed by atoms with Crippen molar-refractivity contribution in [3.63, 3.8) is 0 Å². The molecular formula is C19H19N3O4. The van der Waals surface area contributed by atoms with E-state index >= 15 is 0 Å². The molecule has 0 aliphatic rings. The molecule has 2 aromatic rings. The summed E-state index contributed by atoms with van der Waals surface area (Å²) in [5, 5.41) is 16.1. The van der Waals surface area contributed by atoms with Gasteiger partial charge in [-0.2, -0.15) is 0 Å². The fourth-order valence-electron chi connectivity index (χ4n) is 2.14. The van der Waals surface area contributed by atoms with Crippen LogP contribution < -0.4 is 10.6 Å². The Morgan fingerprint density at radius 1 is 1.15 bits per heavy atom. The molecule has 2 N–H and O–H groups in total. The summed E-state index contributed by atoms with van der Waals surface area (Å²) in [6.07, 6.45) is 3.72. The molecule has 0 saturated heterocycles. The predicted octanol–water partition coefficient (Wildman–Crippen LogP) is 3.39. The monoisotopic (exact) mass is 353 g/mol. The molecule has 2 rings (SSSR count). The van der Waals surface area contributed by atoms with Gasteiger partial charge in [0, 0.05) is 36.0 Å². The molecule has 0 unspecified atom stereocenters. The minimum atomic E-state index is -0.482. The summed E-state index contributed by atoms with van der Waals surface area (Å²) >= 11 is 0. The molecule has 134 valence electrons. The SMILES string of the molecule is CCCNC(=O)c1cccc(NC(=O)/C=C/c2ccc([N+](=O)[O-])cc2)c1. The summed E-state index contributed by atoms with van der Waals surface area (Å²) < 4.78 is 0. The minimum Gasteiger partial charge on any atom is -0.352 e. The second kappa shape index (κ2) is 9.12. The van der Waals surface area contributed by atoms with Gasteiger partial charge in [0.05, 0.1) is 4.92 Å². The number of nitrogens with one attached hydrogen (secondary N) is 2. The topological polar surface area (TPSA) is 101 Å². The first-order valence-electron chi connectivity index (χ1n) is 8.11. The Labute approximate surface area is 150 Å². The van der Waals surface area contributed by atoms with E-state index in [0.29, 0.717) is 23.4 Å². The van der Waals surface area contributed by atoms with Crippen molar-refractivity contribution in [2.75, 3.05) is 11.9 Å². The third-order valence-electron chi connectivity index (χ3n) is 3.46. The van der Waals surface area contributed by atoms with Crippen LogP contribution in [0.5, 0.6) is 0 Å². The zero-order chi connectivity index (χ0) is 18.9. The molecule has 7 heteroatoms. The van der Waals surface area contributed by atoms with Crippen LogP contribution in [0.1, 0.15) is 29.3 Å². The highest BCUT2D eigenvalue weighted by Gasteiger charge is 2.06. The van der Waals surface area contributed by atoms with Crippen molar-refractivity contribution in [3.05, 3.63) is 75.8 Å². The number of carbonyl (C=O) groups excluding carboxylic acids is 2. The maximum Gasteiger partial charge on any atom is 0.269 e. The zero-order valence-corrected chi connectivity index (χ0v) is 14.3. The van der Waals surface area contributed by atoms with Crippen molar-refractivity contribution in [2.24, 2.45) is 0 Å². The lowest BCUT2D eigenvalue weighted by Crippen LogP contribution is -2.24. The van der Waals surface area contributed by atoms with E-state index in [1.54, 1.807) is 42.5 Å². The van der Waals surface area contributed by atoms with Crippen molar-refractivity contribution in [1.29, 1.82) is 0 Å². The first-order chi connectivity index (χ1) is 12.5. The number of non-ortho nitro benzene ring substituents is 1. The van der Waals surface area contributed by atoms with Crippen molar-refractivity contribution in [3.8, 4) is 0 Å². The first kappa shape index (κ1) is 18.9. The Hall–Kier alpha value is -3.48. The number of anilines is 1. The molecule has 0 atom stereocenters. The Morgan fingerprint density at radius 2 is 1.88 bits per heavy atom. The van der Waals surface area contributed by atoms with Gasteiger partial charge in [-0.05, 0) is 48.4 Å². The molecule has 0 aromatic heterocycles. The number of hydrogen-bond acceptors (Lipinski definition) is 4. The van der Waals surface area contributed by atoms with Gasteiger partial charge in [0.15, 0.2) is 0 Å². The van der Waals surface area contributed by atoms with Gasteiger partial charge in [0.25, 0.3) is 11.6 Å². The number of benzene rings is 2. The lowest BCUT2D eigenvalue weighted by molar-refractivity contribution is -0.384. The molecule has 0 fully saturated rings. The Morgan fingerprint density at radius 3 is 2.54 bits per heavy atom. The number of amides is 2. The molecule has 0 heterocycles. The number of nitrogens with zero attached hydrogens (tertiary/aromatic N) is 1. The van der Waals surface area contributed by atoms with Crippen LogP contribution in [0.3, 0.4) is 0 Å². The highest BCUT2D eigenvalue weighted by Crippen LogP contribution is 2.14. The van der Waals surface area contributed by atoms with Crippen molar-refractivity contribution >= 4 is 29.3 Å². The Balaban J connectivity index is 1.98. The number of carbonyl (C=O) groups is 2. The summed E-state index contributed by atoms with van der Waals surface area (Å²) in [4.78, 5) is 34.1. The lowest BCUT2D eigenvalue weighted by atomic mass is 10.1. The highest BCUT2D eigenvalue weighted by molar-refractivity contribution is 6.03. The smallest absolute Gasteiger partial charge is 0.269 e. The van der Waals surface area contributed by atoms with Crippen molar-refractivity contribution in [2.45, 2.75) is 13.3 Å². The van der Waals surface area contributed by atoms with Crippen LogP contribution in [0.4, 0.5) is 11.4 Å². The van der Waals surface area contributed by atoms with Gasteiger partial charge >= 0.3 is 0 Å². The van der Waals surface area contributed by atoms with Gasteiger partial charge in [-0.3, -0.25) is 19.7 Å². The van der Waals surface area contributed by atoms with Crippen LogP contribution in [0.25, 0.3) is 6.08 Å². The largest absolute Gasteiger partial charge is 0.352 e. The standard InChI is InChI=1S/C19H19N3O4/c1-2-12-20-19(24)15-4-3-5-16(13-15)21-18(23)11-8-14-6-9-17(10-7-14)22(25)26/h3-11,13H,2,12H2,1H3,(H,20,24)(H,21,23)/b11-8+. The summed E-state index contributed by atoms with van der Waals surface area (Å²) in [7, 11) is 0. The number of rotatable bonds is 7. The van der Waals surface area contributed by atoms with E-state index in [0.717, 1.165) is 6.42 Å². The van der Waals surface area contributed by atoms with E-state index in [9.17, 15) is 19.7 Å². The summed E-state index contributed by atoms with van der Waals surface area (Å²) in [5.74, 6) is -0.557. The van der Waals surface area contributed by atoms with Gasteiger partial charge in [0.2, 0.25) is 5.91 Å². The number of nitro benzene ring substituents is 1. The van der Waals surface area contributed by atoms with E-state index in [-0.39, 0.29) is 17.5 Å². The van der Waals surface area contributed by atoms with Gasteiger partial charge in [0.1, 0.15) is 0 Å². The normalized spacial score (nSPS) is 10.5. The molecule has 26 heavy (non-hydrogen) atoms. The van der Waals surface area contributed by atoms with Crippen LogP contribution >= 0.6 is 0 Å². The maximum absolute atomic E-state index is 12.0. The maximum atomic E-state index is 12.0. The van der Waals surface area contributed by atoms with Crippen LogP contribution in [0.15, 0.2) is 54.6 Å². The summed E-state index contributed by atoms with van der Waals surface area (Å²) in [6.45, 7) is 2.56. The van der Waals surface area contributed by atoms with Gasteiger partial charge < -0.3 is 10.6 Å². The van der Waals surface area contributed by atoms with Crippen LogP contribution in [0.2, 0.25) is 0 Å². The van der Waals surface area contributed by atoms with Crippen LogP contribution in [-0.4, -0.2) is 23.3 Å². The van der Waals surface area contributed by atoms with E-state index in [2.05, 4.69) is 10.6 Å². The zero-order valence-electron chi connectivity index (χ0n) is 14.3. The predicted molar refractivity (Wildman–Crippen MR) is 99.8 cm³/mol. The van der Waals surface area contributed by atoms with E-state index in [1.807, 2.05) is 6.92 Å². The van der Waals surface area contributed by atoms with E-state index in [1.165, 1.54) is 18.2 Å². The second-order valence-electron chi connectivity index (χ2n) is 5.51. The molecule has 0 spiro atoms. The third kappa shape index (κ3) is 5.55. The lowest BCUT2D eigenvalue weighted by Gasteiger charge is -2.06. The van der Waals surface area contributed by atoms with Crippen molar-refractivity contribution < 1.29 is 14.5 Å². The summed E-state index contributed by atoms with van der Waals surface area (Å²) in [6, 6.07) is 12.5. The number of nitro groups is 1. The minimum absolute atomic E-state index is 0.00948. The molecule has 0 bridgehead atoms. The highest BCUT2D eigenvalue weighted by atomic mass is 16.6. The first-order valence-corrected chi connectivity index (χ1v) is 8.11. The quantitative estimate of drug-likeness (QED) is 0.452. The molecule has 0 radical (unpaired) electrons. The molecule has 0 aliphatic carbocycles. The average molecular weight is 353 g/mol.